The van der Waals surface area contributed by atoms with E-state index in [1.807, 2.05) is 4.57 Å². The Morgan fingerprint density at radius 2 is 1.76 bits per heavy atom. The summed E-state index contributed by atoms with van der Waals surface area (Å²) in [5.74, 6) is 3.28. The van der Waals surface area contributed by atoms with Crippen molar-refractivity contribution >= 4 is 32.9 Å². The number of carboxylic acid groups (broad SMARTS) is 2. The standard InChI is InChI=1S/C30H25N3O7S/c1-2-3-14-40-24-9-11-25(12-10-24)41(38,39)32-27(30(36)37)16-23-19-33(18-21-6-4-20(17-31)5-7-21)28-13-8-22(29(34)35)15-26(23)28/h4-13,15,19,27,32H,14,16,18H2,1H3,(H,34,35)(H,36,37). The van der Waals surface area contributed by atoms with Crippen molar-refractivity contribution in [1.82, 2.24) is 9.29 Å². The molecule has 3 N–H and O–H groups in total. The third kappa shape index (κ3) is 6.92. The van der Waals surface area contributed by atoms with Crippen LogP contribution in [0.3, 0.4) is 0 Å². The van der Waals surface area contributed by atoms with Crippen LogP contribution >= 0.6 is 0 Å². The largest absolute Gasteiger partial charge is 0.481 e. The zero-order valence-corrected chi connectivity index (χ0v) is 22.7. The smallest absolute Gasteiger partial charge is 0.335 e. The number of hydrogen-bond donors (Lipinski definition) is 3. The van der Waals surface area contributed by atoms with Gasteiger partial charge in [-0.3, -0.25) is 4.79 Å². The van der Waals surface area contributed by atoms with Gasteiger partial charge in [0, 0.05) is 30.1 Å². The number of fused-ring (bicyclic) bond motifs is 1. The number of carbonyl (C=O) groups is 2. The summed E-state index contributed by atoms with van der Waals surface area (Å²) in [7, 11) is -4.23. The van der Waals surface area contributed by atoms with Crippen molar-refractivity contribution in [1.29, 1.82) is 5.26 Å². The molecule has 4 rings (SSSR count). The van der Waals surface area contributed by atoms with Gasteiger partial charge in [-0.2, -0.15) is 9.98 Å². The number of aromatic nitrogens is 1. The molecule has 0 saturated carbocycles. The summed E-state index contributed by atoms with van der Waals surface area (Å²) in [6, 6.07) is 17.5. The molecular weight excluding hydrogens is 546 g/mol. The predicted molar refractivity (Wildman–Crippen MR) is 150 cm³/mol. The molecule has 3 aromatic carbocycles. The van der Waals surface area contributed by atoms with Crippen molar-refractivity contribution in [2.75, 3.05) is 6.61 Å². The summed E-state index contributed by atoms with van der Waals surface area (Å²) in [5.41, 5.74) is 2.47. The van der Waals surface area contributed by atoms with E-state index in [1.54, 1.807) is 43.5 Å². The highest BCUT2D eigenvalue weighted by Crippen LogP contribution is 2.26. The first kappa shape index (κ1) is 28.9. The Morgan fingerprint density at radius 1 is 1.05 bits per heavy atom. The number of nitriles is 1. The molecule has 0 saturated heterocycles. The molecule has 0 aliphatic heterocycles. The monoisotopic (exact) mass is 571 g/mol. The lowest BCUT2D eigenvalue weighted by atomic mass is 10.0. The van der Waals surface area contributed by atoms with Crippen LogP contribution in [0.2, 0.25) is 0 Å². The number of carboxylic acids is 2. The molecule has 208 valence electrons. The molecule has 0 fully saturated rings. The van der Waals surface area contributed by atoms with Gasteiger partial charge < -0.3 is 19.5 Å². The van der Waals surface area contributed by atoms with E-state index in [2.05, 4.69) is 22.6 Å². The second-order valence-corrected chi connectivity index (χ2v) is 10.7. The maximum absolute atomic E-state index is 13.1. The highest BCUT2D eigenvalue weighted by molar-refractivity contribution is 7.89. The minimum absolute atomic E-state index is 0.00885. The minimum atomic E-state index is -4.23. The van der Waals surface area contributed by atoms with Gasteiger partial charge in [0.1, 0.15) is 18.4 Å². The Bertz CT molecular complexity index is 1810. The fourth-order valence-corrected chi connectivity index (χ4v) is 5.43. The van der Waals surface area contributed by atoms with E-state index < -0.39 is 28.0 Å². The molecule has 0 aliphatic carbocycles. The van der Waals surface area contributed by atoms with Crippen molar-refractivity contribution in [3.05, 3.63) is 95.2 Å². The molecule has 0 bridgehead atoms. The molecule has 0 radical (unpaired) electrons. The number of sulfonamides is 1. The molecule has 1 heterocycles. The van der Waals surface area contributed by atoms with Crippen molar-refractivity contribution in [2.45, 2.75) is 30.8 Å². The van der Waals surface area contributed by atoms with Gasteiger partial charge in [0.05, 0.1) is 22.1 Å². The lowest BCUT2D eigenvalue weighted by Crippen LogP contribution is -2.42. The molecule has 41 heavy (non-hydrogen) atoms. The fourth-order valence-electron chi connectivity index (χ4n) is 4.24. The molecular formula is C30H25N3O7S. The first-order valence-corrected chi connectivity index (χ1v) is 13.8. The molecule has 1 unspecified atom stereocenters. The Kier molecular flexibility index (Phi) is 8.73. The van der Waals surface area contributed by atoms with Crippen LogP contribution in [-0.2, 0) is 27.8 Å². The van der Waals surface area contributed by atoms with E-state index in [-0.39, 0.29) is 23.5 Å². The minimum Gasteiger partial charge on any atom is -0.481 e. The summed E-state index contributed by atoms with van der Waals surface area (Å²) in [5, 5.41) is 29.0. The zero-order valence-electron chi connectivity index (χ0n) is 21.9. The maximum Gasteiger partial charge on any atom is 0.335 e. The first-order valence-electron chi connectivity index (χ1n) is 12.3. The molecule has 0 aliphatic rings. The summed E-state index contributed by atoms with van der Waals surface area (Å²) < 4.78 is 35.6. The number of aromatic carboxylic acids is 1. The molecule has 11 heteroatoms. The maximum atomic E-state index is 13.1. The van der Waals surface area contributed by atoms with E-state index in [0.717, 1.165) is 5.56 Å². The van der Waals surface area contributed by atoms with E-state index in [0.29, 0.717) is 34.3 Å². The van der Waals surface area contributed by atoms with Gasteiger partial charge in [0.25, 0.3) is 0 Å². The average Bonchev–Trinajstić information content (AvgIpc) is 3.29. The first-order chi connectivity index (χ1) is 19.6. The molecule has 1 aromatic heterocycles. The van der Waals surface area contributed by atoms with Crippen LogP contribution in [0, 0.1) is 23.2 Å². The van der Waals surface area contributed by atoms with Gasteiger partial charge in [0.15, 0.2) is 0 Å². The van der Waals surface area contributed by atoms with Gasteiger partial charge in [-0.25, -0.2) is 13.2 Å². The van der Waals surface area contributed by atoms with E-state index >= 15 is 0 Å². The number of aliphatic carboxylic acids is 1. The third-order valence-electron chi connectivity index (χ3n) is 6.29. The highest BCUT2D eigenvalue weighted by Gasteiger charge is 2.27. The zero-order chi connectivity index (χ0) is 29.6. The van der Waals surface area contributed by atoms with Crippen LogP contribution in [0.25, 0.3) is 10.9 Å². The van der Waals surface area contributed by atoms with Gasteiger partial charge >= 0.3 is 11.9 Å². The number of nitrogens with zero attached hydrogens (tertiary/aromatic N) is 2. The topological polar surface area (TPSA) is 159 Å². The average molecular weight is 572 g/mol. The summed E-state index contributed by atoms with van der Waals surface area (Å²) >= 11 is 0. The molecule has 4 aromatic rings. The second-order valence-electron chi connectivity index (χ2n) is 9.03. The third-order valence-corrected chi connectivity index (χ3v) is 7.78. The Labute approximate surface area is 236 Å². The quantitative estimate of drug-likeness (QED) is 0.230. The SMILES string of the molecule is CC#CCOc1ccc(S(=O)(=O)NC(Cc2cn(Cc3ccc(C#N)cc3)c3ccc(C(=O)O)cc23)C(=O)O)cc1. The summed E-state index contributed by atoms with van der Waals surface area (Å²) in [6.45, 7) is 2.17. The summed E-state index contributed by atoms with van der Waals surface area (Å²) in [6.07, 6.45) is 1.44. The van der Waals surface area contributed by atoms with Gasteiger partial charge in [-0.05, 0) is 72.6 Å². The van der Waals surface area contributed by atoms with Gasteiger partial charge in [-0.15, -0.1) is 5.92 Å². The van der Waals surface area contributed by atoms with Crippen molar-refractivity contribution in [2.24, 2.45) is 0 Å². The van der Waals surface area contributed by atoms with Crippen molar-refractivity contribution in [3.63, 3.8) is 0 Å². The van der Waals surface area contributed by atoms with Crippen LogP contribution < -0.4 is 9.46 Å². The summed E-state index contributed by atoms with van der Waals surface area (Å²) in [4.78, 5) is 23.7. The number of ether oxygens (including phenoxy) is 1. The molecule has 0 amide bonds. The lowest BCUT2D eigenvalue weighted by Gasteiger charge is -2.15. The van der Waals surface area contributed by atoms with Crippen molar-refractivity contribution in [3.8, 4) is 23.7 Å². The highest BCUT2D eigenvalue weighted by atomic mass is 32.2. The van der Waals surface area contributed by atoms with Crippen LogP contribution in [-0.4, -0.2) is 47.8 Å². The number of rotatable bonds is 11. The lowest BCUT2D eigenvalue weighted by molar-refractivity contribution is -0.138. The molecule has 1 atom stereocenters. The molecule has 0 spiro atoms. The molecule has 10 nitrogen and oxygen atoms in total. The fraction of sp³-hybridized carbons (Fsp3) is 0.167. The van der Waals surface area contributed by atoms with Gasteiger partial charge in [0.2, 0.25) is 10.0 Å². The van der Waals surface area contributed by atoms with Crippen molar-refractivity contribution < 1.29 is 33.0 Å². The Hall–Kier alpha value is -5.10. The van der Waals surface area contributed by atoms with E-state index in [9.17, 15) is 28.2 Å². The number of benzene rings is 3. The Morgan fingerprint density at radius 3 is 2.37 bits per heavy atom. The van der Waals surface area contributed by atoms with Gasteiger partial charge in [-0.1, -0.05) is 18.1 Å². The number of hydrogen-bond acceptors (Lipinski definition) is 6. The predicted octanol–water partition coefficient (Wildman–Crippen LogP) is 3.64. The van der Waals surface area contributed by atoms with Crippen LogP contribution in [0.1, 0.15) is 34.0 Å². The van der Waals surface area contributed by atoms with E-state index in [1.165, 1.54) is 36.4 Å². The van der Waals surface area contributed by atoms with Crippen LogP contribution in [0.5, 0.6) is 5.75 Å². The Balaban J connectivity index is 1.64. The van der Waals surface area contributed by atoms with Crippen LogP contribution in [0.4, 0.5) is 0 Å². The normalized spacial score (nSPS) is 11.7. The number of nitrogens with one attached hydrogen (secondary N) is 1. The van der Waals surface area contributed by atoms with E-state index in [4.69, 9.17) is 10.00 Å². The second kappa shape index (κ2) is 12.4. The van der Waals surface area contributed by atoms with Crippen LogP contribution in [0.15, 0.2) is 77.8 Å².